The fraction of sp³-hybridized carbons (Fsp3) is 0.167. The summed E-state index contributed by atoms with van der Waals surface area (Å²) < 4.78 is 24.0. The fourth-order valence-electron chi connectivity index (χ4n) is 1.44. The Morgan fingerprint density at radius 2 is 2.06 bits per heavy atom. The van der Waals surface area contributed by atoms with Crippen LogP contribution in [-0.4, -0.2) is 14.2 Å². The Labute approximate surface area is 108 Å². The largest absolute Gasteiger partial charge is 0.354 e. The molecule has 0 saturated carbocycles. The minimum Gasteiger partial charge on any atom is -0.354 e. The van der Waals surface area contributed by atoms with Crippen molar-refractivity contribution in [2.45, 2.75) is 6.92 Å². The van der Waals surface area contributed by atoms with E-state index in [-0.39, 0.29) is 10.7 Å². The third kappa shape index (κ3) is 2.92. The van der Waals surface area contributed by atoms with Crippen LogP contribution >= 0.6 is 12.6 Å². The highest BCUT2D eigenvalue weighted by Gasteiger charge is 2.26. The predicted octanol–water partition coefficient (Wildman–Crippen LogP) is 2.31. The average Bonchev–Trinajstić information content (AvgIpc) is 2.38. The molecule has 0 aromatic carbocycles. The molecule has 1 aliphatic rings. The van der Waals surface area contributed by atoms with Crippen molar-refractivity contribution in [3.63, 3.8) is 0 Å². The van der Waals surface area contributed by atoms with Gasteiger partial charge in [0, 0.05) is 5.70 Å². The summed E-state index contributed by atoms with van der Waals surface area (Å²) in [6.45, 7) is 8.96. The van der Waals surface area contributed by atoms with Crippen molar-refractivity contribution in [3.8, 4) is 0 Å². The Kier molecular flexibility index (Phi) is 4.42. The van der Waals surface area contributed by atoms with Gasteiger partial charge in [-0.25, -0.2) is 8.42 Å². The van der Waals surface area contributed by atoms with E-state index in [1.54, 1.807) is 24.5 Å². The number of nitrogens with one attached hydrogen (secondary N) is 1. The Bertz CT molecular complexity index is 537. The van der Waals surface area contributed by atoms with E-state index < -0.39 is 9.84 Å². The van der Waals surface area contributed by atoms with Crippen LogP contribution in [0.15, 0.2) is 58.7 Å². The highest BCUT2D eigenvalue weighted by atomic mass is 32.2. The maximum atomic E-state index is 12.0. The summed E-state index contributed by atoms with van der Waals surface area (Å²) in [5, 5.41) is 4.54. The fourth-order valence-corrected chi connectivity index (χ4v) is 3.03. The first-order valence-corrected chi connectivity index (χ1v) is 7.15. The van der Waals surface area contributed by atoms with Crippen LogP contribution in [0.2, 0.25) is 0 Å². The lowest BCUT2D eigenvalue weighted by Crippen LogP contribution is -2.13. The first-order valence-electron chi connectivity index (χ1n) is 4.98. The summed E-state index contributed by atoms with van der Waals surface area (Å²) in [5.41, 5.74) is 1.76. The summed E-state index contributed by atoms with van der Waals surface area (Å²) >= 11 is 4.08. The summed E-state index contributed by atoms with van der Waals surface area (Å²) in [6, 6.07) is 0. The molecule has 5 heteroatoms. The van der Waals surface area contributed by atoms with E-state index in [0.29, 0.717) is 17.0 Å². The van der Waals surface area contributed by atoms with Crippen molar-refractivity contribution in [1.82, 2.24) is 5.32 Å². The number of thiol groups is 1. The van der Waals surface area contributed by atoms with Crippen molar-refractivity contribution in [2.24, 2.45) is 0 Å². The second-order valence-electron chi connectivity index (χ2n) is 3.48. The normalized spacial score (nSPS) is 26.9. The van der Waals surface area contributed by atoms with Gasteiger partial charge in [0.15, 0.2) is 9.84 Å². The average molecular weight is 269 g/mol. The third-order valence-electron chi connectivity index (χ3n) is 2.40. The topological polar surface area (TPSA) is 46.2 Å². The van der Waals surface area contributed by atoms with Gasteiger partial charge in [-0.1, -0.05) is 25.3 Å². The molecule has 0 aliphatic carbocycles. The Hall–Kier alpha value is -1.20. The molecule has 1 heterocycles. The molecular weight excluding hydrogens is 254 g/mol. The van der Waals surface area contributed by atoms with Crippen LogP contribution in [0.1, 0.15) is 6.92 Å². The van der Waals surface area contributed by atoms with E-state index in [1.807, 2.05) is 0 Å². The molecule has 1 fully saturated rings. The Morgan fingerprint density at radius 1 is 1.41 bits per heavy atom. The smallest absolute Gasteiger partial charge is 0.184 e. The van der Waals surface area contributed by atoms with Gasteiger partial charge < -0.3 is 5.32 Å². The van der Waals surface area contributed by atoms with Gasteiger partial charge in [-0.2, -0.15) is 0 Å². The van der Waals surface area contributed by atoms with Crippen molar-refractivity contribution in [3.05, 3.63) is 58.7 Å². The number of hydrogen-bond acceptors (Lipinski definition) is 4. The van der Waals surface area contributed by atoms with Crippen LogP contribution in [0.4, 0.5) is 0 Å². The lowest BCUT2D eigenvalue weighted by molar-refractivity contribution is 0.605. The molecule has 0 radical (unpaired) electrons. The SMILES string of the molecule is C=C/C=C1/NC(=C/S)/C(=C\C)CS(=O)(=O)C1=C. The minimum atomic E-state index is -3.39. The zero-order valence-corrected chi connectivity index (χ0v) is 11.3. The summed E-state index contributed by atoms with van der Waals surface area (Å²) in [7, 11) is -3.39. The van der Waals surface area contributed by atoms with Gasteiger partial charge >= 0.3 is 0 Å². The third-order valence-corrected chi connectivity index (χ3v) is 4.32. The lowest BCUT2D eigenvalue weighted by Gasteiger charge is -2.09. The Morgan fingerprint density at radius 3 is 2.53 bits per heavy atom. The van der Waals surface area contributed by atoms with Crippen molar-refractivity contribution < 1.29 is 8.42 Å². The first kappa shape index (κ1) is 13.9. The molecule has 0 unspecified atom stereocenters. The molecule has 92 valence electrons. The number of hydrogen-bond donors (Lipinski definition) is 2. The predicted molar refractivity (Wildman–Crippen MR) is 75.2 cm³/mol. The minimum absolute atomic E-state index is 0.0712. The van der Waals surface area contributed by atoms with E-state index in [2.05, 4.69) is 31.1 Å². The summed E-state index contributed by atoms with van der Waals surface area (Å²) in [4.78, 5) is 0.0712. The van der Waals surface area contributed by atoms with Gasteiger partial charge in [-0.3, -0.25) is 0 Å². The van der Waals surface area contributed by atoms with Crippen LogP contribution in [0, 0.1) is 0 Å². The molecule has 3 nitrogen and oxygen atoms in total. The van der Waals surface area contributed by atoms with Crippen molar-refractivity contribution >= 4 is 22.5 Å². The molecule has 1 rings (SSSR count). The Balaban J connectivity index is 3.41. The number of rotatable bonds is 1. The molecule has 0 bridgehead atoms. The highest BCUT2D eigenvalue weighted by molar-refractivity contribution is 7.95. The second-order valence-corrected chi connectivity index (χ2v) is 5.75. The van der Waals surface area contributed by atoms with Crippen molar-refractivity contribution in [2.75, 3.05) is 5.75 Å². The first-order chi connectivity index (χ1) is 7.96. The van der Waals surface area contributed by atoms with Crippen LogP contribution in [-0.2, 0) is 9.84 Å². The molecule has 17 heavy (non-hydrogen) atoms. The van der Waals surface area contributed by atoms with Crippen LogP contribution in [0.5, 0.6) is 0 Å². The van der Waals surface area contributed by atoms with Crippen LogP contribution in [0.3, 0.4) is 0 Å². The van der Waals surface area contributed by atoms with Crippen molar-refractivity contribution in [1.29, 1.82) is 0 Å². The van der Waals surface area contributed by atoms with E-state index in [4.69, 9.17) is 0 Å². The summed E-state index contributed by atoms with van der Waals surface area (Å²) in [6.07, 6.45) is 4.84. The zero-order chi connectivity index (χ0) is 13.1. The molecule has 1 saturated heterocycles. The number of allylic oxidation sites excluding steroid dienone is 4. The molecule has 1 N–H and O–H groups in total. The van der Waals surface area contributed by atoms with Gasteiger partial charge in [0.05, 0.1) is 16.4 Å². The van der Waals surface area contributed by atoms with Gasteiger partial charge in [0.2, 0.25) is 0 Å². The molecule has 0 aromatic heterocycles. The molecule has 0 amide bonds. The molecule has 0 spiro atoms. The molecule has 0 aromatic rings. The standard InChI is InChI=1S/C12H15NO2S2/c1-4-6-11-9(3)17(14,15)8-10(5-2)12(7-16)13-11/h4-7,13,16H,1,3,8H2,2H3/b10-5-,11-6+,12-7+. The quantitative estimate of drug-likeness (QED) is 0.718. The van der Waals surface area contributed by atoms with Gasteiger partial charge in [0.25, 0.3) is 0 Å². The molecular formula is C12H15NO2S2. The van der Waals surface area contributed by atoms with E-state index >= 15 is 0 Å². The molecule has 0 atom stereocenters. The van der Waals surface area contributed by atoms with Crippen LogP contribution in [0.25, 0.3) is 0 Å². The number of sulfone groups is 1. The van der Waals surface area contributed by atoms with E-state index in [1.165, 1.54) is 6.08 Å². The lowest BCUT2D eigenvalue weighted by atomic mass is 10.2. The monoisotopic (exact) mass is 269 g/mol. The zero-order valence-electron chi connectivity index (χ0n) is 9.60. The van der Waals surface area contributed by atoms with E-state index in [0.717, 1.165) is 0 Å². The summed E-state index contributed by atoms with van der Waals surface area (Å²) in [5.74, 6) is -0.0732. The van der Waals surface area contributed by atoms with Gasteiger partial charge in [0.1, 0.15) is 0 Å². The molecule has 1 aliphatic heterocycles. The maximum Gasteiger partial charge on any atom is 0.184 e. The van der Waals surface area contributed by atoms with Gasteiger partial charge in [-0.15, -0.1) is 12.6 Å². The second kappa shape index (κ2) is 5.42. The van der Waals surface area contributed by atoms with Gasteiger partial charge in [-0.05, 0) is 24.0 Å². The maximum absolute atomic E-state index is 12.0. The van der Waals surface area contributed by atoms with E-state index in [9.17, 15) is 8.42 Å². The highest BCUT2D eigenvalue weighted by Crippen LogP contribution is 2.25. The van der Waals surface area contributed by atoms with Crippen LogP contribution < -0.4 is 5.32 Å².